The van der Waals surface area contributed by atoms with E-state index in [1.165, 1.54) is 0 Å². The van der Waals surface area contributed by atoms with Crippen molar-refractivity contribution in [1.29, 1.82) is 0 Å². The maximum atomic E-state index is 12.7. The standard InChI is InChI=1S/C12H23F3N2/c1-2-3-7-11(17-16)9-5-4-6-10(8-9)12(13,14)15/h9-11,17H,2-8,16H2,1H3. The molecule has 102 valence electrons. The van der Waals surface area contributed by atoms with Crippen molar-refractivity contribution in [2.45, 2.75) is 64.1 Å². The van der Waals surface area contributed by atoms with Crippen LogP contribution in [0.3, 0.4) is 0 Å². The van der Waals surface area contributed by atoms with Gasteiger partial charge in [-0.05, 0) is 31.6 Å². The second-order valence-electron chi connectivity index (χ2n) is 5.08. The number of hydrazine groups is 1. The summed E-state index contributed by atoms with van der Waals surface area (Å²) in [4.78, 5) is 0. The van der Waals surface area contributed by atoms with E-state index in [-0.39, 0.29) is 24.8 Å². The summed E-state index contributed by atoms with van der Waals surface area (Å²) in [5, 5.41) is 0. The highest BCUT2D eigenvalue weighted by Crippen LogP contribution is 2.41. The van der Waals surface area contributed by atoms with E-state index >= 15 is 0 Å². The Hall–Kier alpha value is -0.290. The van der Waals surface area contributed by atoms with Crippen LogP contribution in [0.5, 0.6) is 0 Å². The predicted molar refractivity (Wildman–Crippen MR) is 62.1 cm³/mol. The summed E-state index contributed by atoms with van der Waals surface area (Å²) in [7, 11) is 0. The first kappa shape index (κ1) is 14.8. The molecule has 0 spiro atoms. The van der Waals surface area contributed by atoms with Crippen LogP contribution in [-0.4, -0.2) is 12.2 Å². The second-order valence-corrected chi connectivity index (χ2v) is 5.08. The Morgan fingerprint density at radius 2 is 2.06 bits per heavy atom. The number of alkyl halides is 3. The third kappa shape index (κ3) is 4.47. The van der Waals surface area contributed by atoms with Crippen LogP contribution in [0, 0.1) is 11.8 Å². The molecule has 0 aromatic carbocycles. The Morgan fingerprint density at radius 1 is 1.35 bits per heavy atom. The van der Waals surface area contributed by atoms with Gasteiger partial charge in [-0.1, -0.05) is 26.2 Å². The van der Waals surface area contributed by atoms with Gasteiger partial charge in [0.1, 0.15) is 0 Å². The Bertz CT molecular complexity index is 218. The van der Waals surface area contributed by atoms with Crippen molar-refractivity contribution in [3.63, 3.8) is 0 Å². The largest absolute Gasteiger partial charge is 0.391 e. The molecule has 0 aliphatic heterocycles. The lowest BCUT2D eigenvalue weighted by molar-refractivity contribution is -0.186. The number of hydrogen-bond acceptors (Lipinski definition) is 2. The molecule has 3 atom stereocenters. The average Bonchev–Trinajstić information content (AvgIpc) is 2.29. The Kier molecular flexibility index (Phi) is 5.73. The average molecular weight is 252 g/mol. The Morgan fingerprint density at radius 3 is 2.59 bits per heavy atom. The molecule has 0 aromatic rings. The zero-order chi connectivity index (χ0) is 12.9. The second kappa shape index (κ2) is 6.59. The minimum absolute atomic E-state index is 0.0418. The van der Waals surface area contributed by atoms with E-state index in [1.54, 1.807) is 0 Å². The molecule has 0 saturated heterocycles. The molecular weight excluding hydrogens is 229 g/mol. The lowest BCUT2D eigenvalue weighted by Crippen LogP contribution is -2.44. The number of nitrogens with one attached hydrogen (secondary N) is 1. The smallest absolute Gasteiger partial charge is 0.271 e. The summed E-state index contributed by atoms with van der Waals surface area (Å²) >= 11 is 0. The van der Waals surface area contributed by atoms with Gasteiger partial charge in [0.15, 0.2) is 0 Å². The van der Waals surface area contributed by atoms with Gasteiger partial charge >= 0.3 is 6.18 Å². The fraction of sp³-hybridized carbons (Fsp3) is 1.00. The van der Waals surface area contributed by atoms with E-state index in [4.69, 9.17) is 5.84 Å². The lowest BCUT2D eigenvalue weighted by Gasteiger charge is -2.35. The fourth-order valence-electron chi connectivity index (χ4n) is 2.77. The number of unbranched alkanes of at least 4 members (excludes halogenated alkanes) is 1. The van der Waals surface area contributed by atoms with Gasteiger partial charge in [-0.3, -0.25) is 11.3 Å². The molecule has 2 nitrogen and oxygen atoms in total. The molecule has 1 fully saturated rings. The molecule has 0 radical (unpaired) electrons. The van der Waals surface area contributed by atoms with E-state index in [1.807, 2.05) is 0 Å². The van der Waals surface area contributed by atoms with Gasteiger partial charge in [0.25, 0.3) is 0 Å². The van der Waals surface area contributed by atoms with Gasteiger partial charge < -0.3 is 0 Å². The SMILES string of the molecule is CCCCC(NN)C1CCCC(C(F)(F)F)C1. The van der Waals surface area contributed by atoms with Gasteiger partial charge in [-0.25, -0.2) is 0 Å². The van der Waals surface area contributed by atoms with Crippen molar-refractivity contribution in [3.8, 4) is 0 Å². The van der Waals surface area contributed by atoms with Crippen LogP contribution in [0.4, 0.5) is 13.2 Å². The van der Waals surface area contributed by atoms with E-state index in [0.29, 0.717) is 6.42 Å². The third-order valence-corrected chi connectivity index (χ3v) is 3.83. The van der Waals surface area contributed by atoms with Crippen LogP contribution in [0.25, 0.3) is 0 Å². The summed E-state index contributed by atoms with van der Waals surface area (Å²) in [5.74, 6) is 4.42. The molecule has 1 rings (SSSR count). The summed E-state index contributed by atoms with van der Waals surface area (Å²) in [6.07, 6.45) is 0.956. The highest BCUT2D eigenvalue weighted by molar-refractivity contribution is 4.84. The normalized spacial score (nSPS) is 28.1. The van der Waals surface area contributed by atoms with Crippen LogP contribution in [-0.2, 0) is 0 Å². The maximum Gasteiger partial charge on any atom is 0.391 e. The monoisotopic (exact) mass is 252 g/mol. The minimum atomic E-state index is -4.04. The molecule has 0 aromatic heterocycles. The molecule has 0 bridgehead atoms. The molecule has 1 saturated carbocycles. The summed E-state index contributed by atoms with van der Waals surface area (Å²) in [6.45, 7) is 2.08. The van der Waals surface area contributed by atoms with Crippen molar-refractivity contribution in [2.24, 2.45) is 17.7 Å². The number of rotatable bonds is 5. The third-order valence-electron chi connectivity index (χ3n) is 3.83. The highest BCUT2D eigenvalue weighted by Gasteiger charge is 2.43. The predicted octanol–water partition coefficient (Wildman–Crippen LogP) is 3.38. The van der Waals surface area contributed by atoms with Crippen molar-refractivity contribution in [2.75, 3.05) is 0 Å². The molecule has 0 amide bonds. The zero-order valence-corrected chi connectivity index (χ0v) is 10.4. The van der Waals surface area contributed by atoms with Crippen molar-refractivity contribution >= 4 is 0 Å². The first-order chi connectivity index (χ1) is 7.99. The molecule has 0 heterocycles. The topological polar surface area (TPSA) is 38.0 Å². The fourth-order valence-corrected chi connectivity index (χ4v) is 2.77. The van der Waals surface area contributed by atoms with Gasteiger partial charge in [-0.2, -0.15) is 13.2 Å². The summed E-state index contributed by atoms with van der Waals surface area (Å²) < 4.78 is 38.0. The maximum absolute atomic E-state index is 12.7. The minimum Gasteiger partial charge on any atom is -0.271 e. The molecule has 1 aliphatic rings. The van der Waals surface area contributed by atoms with Crippen molar-refractivity contribution in [3.05, 3.63) is 0 Å². The molecule has 1 aliphatic carbocycles. The van der Waals surface area contributed by atoms with Crippen molar-refractivity contribution < 1.29 is 13.2 Å². The van der Waals surface area contributed by atoms with E-state index in [0.717, 1.165) is 25.7 Å². The molecule has 17 heavy (non-hydrogen) atoms. The highest BCUT2D eigenvalue weighted by atomic mass is 19.4. The van der Waals surface area contributed by atoms with E-state index in [2.05, 4.69) is 12.3 Å². The summed E-state index contributed by atoms with van der Waals surface area (Å²) in [5.41, 5.74) is 2.71. The number of hydrogen-bond donors (Lipinski definition) is 2. The quantitative estimate of drug-likeness (QED) is 0.581. The number of nitrogens with two attached hydrogens (primary N) is 1. The molecule has 3 N–H and O–H groups in total. The van der Waals surface area contributed by atoms with Crippen LogP contribution in [0.2, 0.25) is 0 Å². The lowest BCUT2D eigenvalue weighted by atomic mass is 9.76. The zero-order valence-electron chi connectivity index (χ0n) is 10.4. The van der Waals surface area contributed by atoms with Crippen LogP contribution in [0.15, 0.2) is 0 Å². The number of halogens is 3. The van der Waals surface area contributed by atoms with Gasteiger partial charge in [0.2, 0.25) is 0 Å². The van der Waals surface area contributed by atoms with Gasteiger partial charge in [0.05, 0.1) is 5.92 Å². The molecule has 5 heteroatoms. The van der Waals surface area contributed by atoms with Crippen LogP contribution < -0.4 is 11.3 Å². The summed E-state index contributed by atoms with van der Waals surface area (Å²) in [6, 6.07) is 0.0418. The Balaban J connectivity index is 2.52. The first-order valence-corrected chi connectivity index (χ1v) is 6.51. The Labute approximate surface area is 101 Å². The van der Waals surface area contributed by atoms with Crippen LogP contribution in [0.1, 0.15) is 51.9 Å². The van der Waals surface area contributed by atoms with E-state index in [9.17, 15) is 13.2 Å². The molecule has 3 unspecified atom stereocenters. The molecular formula is C12H23F3N2. The van der Waals surface area contributed by atoms with E-state index < -0.39 is 12.1 Å². The van der Waals surface area contributed by atoms with Crippen LogP contribution >= 0.6 is 0 Å². The van der Waals surface area contributed by atoms with Crippen molar-refractivity contribution in [1.82, 2.24) is 5.43 Å². The van der Waals surface area contributed by atoms with Gasteiger partial charge in [0, 0.05) is 6.04 Å². The van der Waals surface area contributed by atoms with Gasteiger partial charge in [-0.15, -0.1) is 0 Å². The first-order valence-electron chi connectivity index (χ1n) is 6.51.